The summed E-state index contributed by atoms with van der Waals surface area (Å²) < 4.78 is 0. The fourth-order valence-electron chi connectivity index (χ4n) is 1.55. The second kappa shape index (κ2) is 6.64. The summed E-state index contributed by atoms with van der Waals surface area (Å²) >= 11 is 0. The van der Waals surface area contributed by atoms with Gasteiger partial charge in [0, 0.05) is 18.5 Å². The minimum absolute atomic E-state index is 0.0247. The first kappa shape index (κ1) is 14.0. The monoisotopic (exact) mass is 251 g/mol. The number of phenols is 1. The number of rotatable bonds is 6. The Labute approximate surface area is 105 Å². The van der Waals surface area contributed by atoms with Gasteiger partial charge in [-0.3, -0.25) is 9.59 Å². The molecule has 1 aromatic rings. The molecule has 1 rings (SSSR count). The zero-order valence-corrected chi connectivity index (χ0v) is 10.2. The number of hydrogen-bond donors (Lipinski definition) is 3. The maximum atomic E-state index is 11.6. The maximum Gasteiger partial charge on any atom is 0.303 e. The molecule has 18 heavy (non-hydrogen) atoms. The molecule has 0 aliphatic carbocycles. The number of nitrogens with one attached hydrogen (secondary N) is 1. The van der Waals surface area contributed by atoms with E-state index in [1.807, 2.05) is 0 Å². The lowest BCUT2D eigenvalue weighted by Gasteiger charge is -2.10. The molecule has 5 nitrogen and oxygen atoms in total. The van der Waals surface area contributed by atoms with Crippen molar-refractivity contribution >= 4 is 11.9 Å². The van der Waals surface area contributed by atoms with Crippen molar-refractivity contribution in [2.75, 3.05) is 6.54 Å². The third-order valence-corrected chi connectivity index (χ3v) is 2.51. The molecule has 0 bridgehead atoms. The van der Waals surface area contributed by atoms with Crippen LogP contribution in [0.25, 0.3) is 0 Å². The number of carbonyl (C=O) groups is 2. The van der Waals surface area contributed by atoms with Gasteiger partial charge in [0.05, 0.1) is 6.42 Å². The number of benzene rings is 1. The topological polar surface area (TPSA) is 86.6 Å². The predicted octanol–water partition coefficient (Wildman–Crippen LogP) is 1.16. The molecule has 1 atom stereocenters. The highest BCUT2D eigenvalue weighted by Crippen LogP contribution is 2.15. The summed E-state index contributed by atoms with van der Waals surface area (Å²) in [5.41, 5.74) is 0.556. The van der Waals surface area contributed by atoms with Crippen molar-refractivity contribution in [1.29, 1.82) is 0 Å². The van der Waals surface area contributed by atoms with Crippen LogP contribution < -0.4 is 5.32 Å². The van der Waals surface area contributed by atoms with Gasteiger partial charge in [0.25, 0.3) is 0 Å². The largest absolute Gasteiger partial charge is 0.508 e. The lowest BCUT2D eigenvalue weighted by molar-refractivity contribution is -0.138. The average Bonchev–Trinajstić information content (AvgIpc) is 2.29. The maximum absolute atomic E-state index is 11.6. The van der Waals surface area contributed by atoms with Gasteiger partial charge in [0.1, 0.15) is 5.75 Å². The van der Waals surface area contributed by atoms with E-state index in [4.69, 9.17) is 5.11 Å². The Morgan fingerprint density at radius 1 is 1.33 bits per heavy atom. The summed E-state index contributed by atoms with van der Waals surface area (Å²) in [6, 6.07) is 6.63. The fraction of sp³-hybridized carbons (Fsp3) is 0.385. The van der Waals surface area contributed by atoms with Crippen LogP contribution >= 0.6 is 0 Å². The first-order valence-electron chi connectivity index (χ1n) is 5.74. The summed E-state index contributed by atoms with van der Waals surface area (Å²) in [4.78, 5) is 22.0. The number of aliphatic carboxylic acids is 1. The summed E-state index contributed by atoms with van der Waals surface area (Å²) in [7, 11) is 0. The fourth-order valence-corrected chi connectivity index (χ4v) is 1.55. The molecule has 0 saturated heterocycles. The number of carboxylic acid groups (broad SMARTS) is 1. The SMILES string of the molecule is CC(CNC(=O)Cc1ccccc1O)CC(=O)O. The lowest BCUT2D eigenvalue weighted by atomic mass is 10.1. The molecule has 98 valence electrons. The van der Waals surface area contributed by atoms with Gasteiger partial charge in [0.15, 0.2) is 0 Å². The van der Waals surface area contributed by atoms with Crippen LogP contribution in [0.2, 0.25) is 0 Å². The Bertz CT molecular complexity index is 431. The Kier molecular flexibility index (Phi) is 5.17. The van der Waals surface area contributed by atoms with Crippen LogP contribution in [0, 0.1) is 5.92 Å². The molecule has 0 aromatic heterocycles. The van der Waals surface area contributed by atoms with Crippen LogP contribution in [0.1, 0.15) is 18.9 Å². The van der Waals surface area contributed by atoms with Crippen molar-refractivity contribution in [3.63, 3.8) is 0 Å². The van der Waals surface area contributed by atoms with Crippen LogP contribution in [0.4, 0.5) is 0 Å². The van der Waals surface area contributed by atoms with E-state index in [2.05, 4.69) is 5.32 Å². The van der Waals surface area contributed by atoms with Gasteiger partial charge >= 0.3 is 5.97 Å². The number of carbonyl (C=O) groups excluding carboxylic acids is 1. The van der Waals surface area contributed by atoms with E-state index in [-0.39, 0.29) is 30.4 Å². The molecular weight excluding hydrogens is 234 g/mol. The molecule has 3 N–H and O–H groups in total. The van der Waals surface area contributed by atoms with Crippen LogP contribution in [0.5, 0.6) is 5.75 Å². The smallest absolute Gasteiger partial charge is 0.303 e. The van der Waals surface area contributed by atoms with Gasteiger partial charge in [-0.25, -0.2) is 0 Å². The van der Waals surface area contributed by atoms with Crippen molar-refractivity contribution in [3.05, 3.63) is 29.8 Å². The van der Waals surface area contributed by atoms with E-state index >= 15 is 0 Å². The molecule has 0 saturated carbocycles. The molecule has 0 heterocycles. The Morgan fingerprint density at radius 2 is 2.00 bits per heavy atom. The van der Waals surface area contributed by atoms with E-state index in [0.29, 0.717) is 12.1 Å². The highest BCUT2D eigenvalue weighted by atomic mass is 16.4. The summed E-state index contributed by atoms with van der Waals surface area (Å²) in [6.07, 6.45) is 0.114. The summed E-state index contributed by atoms with van der Waals surface area (Å²) in [6.45, 7) is 2.08. The quantitative estimate of drug-likeness (QED) is 0.708. The zero-order valence-electron chi connectivity index (χ0n) is 10.2. The number of phenolic OH excluding ortho intramolecular Hbond substituents is 1. The van der Waals surface area contributed by atoms with Crippen LogP contribution in [-0.4, -0.2) is 28.6 Å². The van der Waals surface area contributed by atoms with Crippen molar-refractivity contribution in [3.8, 4) is 5.75 Å². The standard InChI is InChI=1S/C13H17NO4/c1-9(6-13(17)18)8-14-12(16)7-10-4-2-3-5-11(10)15/h2-5,9,15H,6-8H2,1H3,(H,14,16)(H,17,18). The number of hydrogen-bond acceptors (Lipinski definition) is 3. The van der Waals surface area contributed by atoms with Crippen molar-refractivity contribution in [1.82, 2.24) is 5.32 Å². The Balaban J connectivity index is 2.39. The van der Waals surface area contributed by atoms with E-state index in [9.17, 15) is 14.7 Å². The number of para-hydroxylation sites is 1. The van der Waals surface area contributed by atoms with Gasteiger partial charge in [-0.2, -0.15) is 0 Å². The molecular formula is C13H17NO4. The Hall–Kier alpha value is -2.04. The molecule has 0 radical (unpaired) electrons. The summed E-state index contributed by atoms with van der Waals surface area (Å²) in [5, 5.41) is 20.7. The minimum Gasteiger partial charge on any atom is -0.508 e. The minimum atomic E-state index is -0.877. The average molecular weight is 251 g/mol. The molecule has 0 aliphatic rings. The van der Waals surface area contributed by atoms with Gasteiger partial charge in [-0.1, -0.05) is 25.1 Å². The highest BCUT2D eigenvalue weighted by Gasteiger charge is 2.10. The first-order chi connectivity index (χ1) is 8.49. The molecule has 1 unspecified atom stereocenters. The van der Waals surface area contributed by atoms with Crippen molar-refractivity contribution in [2.45, 2.75) is 19.8 Å². The summed E-state index contributed by atoms with van der Waals surface area (Å²) in [5.74, 6) is -1.13. The van der Waals surface area contributed by atoms with Crippen molar-refractivity contribution in [2.24, 2.45) is 5.92 Å². The van der Waals surface area contributed by atoms with Crippen molar-refractivity contribution < 1.29 is 19.8 Å². The first-order valence-corrected chi connectivity index (χ1v) is 5.74. The molecule has 1 amide bonds. The van der Waals surface area contributed by atoms with E-state index in [0.717, 1.165) is 0 Å². The van der Waals surface area contributed by atoms with Gasteiger partial charge in [-0.15, -0.1) is 0 Å². The van der Waals surface area contributed by atoms with E-state index in [1.54, 1.807) is 25.1 Å². The highest BCUT2D eigenvalue weighted by molar-refractivity contribution is 5.79. The second-order valence-electron chi connectivity index (χ2n) is 4.31. The number of amides is 1. The zero-order chi connectivity index (χ0) is 13.5. The van der Waals surface area contributed by atoms with Crippen LogP contribution in [0.15, 0.2) is 24.3 Å². The number of aromatic hydroxyl groups is 1. The predicted molar refractivity (Wildman–Crippen MR) is 66.2 cm³/mol. The molecule has 0 spiro atoms. The normalized spacial score (nSPS) is 11.8. The second-order valence-corrected chi connectivity index (χ2v) is 4.31. The molecule has 0 fully saturated rings. The van der Waals surface area contributed by atoms with Gasteiger partial charge in [-0.05, 0) is 12.0 Å². The van der Waals surface area contributed by atoms with Crippen LogP contribution in [-0.2, 0) is 16.0 Å². The third kappa shape index (κ3) is 4.86. The number of carboxylic acids is 1. The molecule has 0 aliphatic heterocycles. The van der Waals surface area contributed by atoms with Gasteiger partial charge in [0.2, 0.25) is 5.91 Å². The molecule has 1 aromatic carbocycles. The van der Waals surface area contributed by atoms with E-state index < -0.39 is 5.97 Å². The van der Waals surface area contributed by atoms with Crippen LogP contribution in [0.3, 0.4) is 0 Å². The lowest BCUT2D eigenvalue weighted by Crippen LogP contribution is -2.30. The third-order valence-electron chi connectivity index (χ3n) is 2.51. The van der Waals surface area contributed by atoms with Gasteiger partial charge < -0.3 is 15.5 Å². The Morgan fingerprint density at radius 3 is 2.61 bits per heavy atom. The van der Waals surface area contributed by atoms with E-state index in [1.165, 1.54) is 6.07 Å². The molecule has 5 heteroatoms.